The van der Waals surface area contributed by atoms with E-state index < -0.39 is 0 Å². The van der Waals surface area contributed by atoms with Crippen molar-refractivity contribution in [1.82, 2.24) is 24.5 Å². The highest BCUT2D eigenvalue weighted by molar-refractivity contribution is 7.99. The molecule has 1 atom stereocenters. The van der Waals surface area contributed by atoms with Crippen LogP contribution in [-0.2, 0) is 11.8 Å². The molecule has 0 saturated carbocycles. The summed E-state index contributed by atoms with van der Waals surface area (Å²) in [5.41, 5.74) is 2.69. The van der Waals surface area contributed by atoms with E-state index in [-0.39, 0.29) is 17.2 Å². The molecule has 0 aromatic carbocycles. The lowest BCUT2D eigenvalue weighted by Gasteiger charge is -2.37. The SMILES string of the molecule is CCSc1nc2n(n1)[C@@H](c1cnn(C)c1)C1=C(CC(C)(C)CC1=O)N2. The molecule has 4 rings (SSSR count). The molecule has 0 unspecified atom stereocenters. The number of aryl methyl sites for hydroxylation is 1. The van der Waals surface area contributed by atoms with E-state index in [9.17, 15) is 4.79 Å². The van der Waals surface area contributed by atoms with Crippen molar-refractivity contribution in [3.8, 4) is 0 Å². The summed E-state index contributed by atoms with van der Waals surface area (Å²) < 4.78 is 3.59. The lowest BCUT2D eigenvalue weighted by Crippen LogP contribution is -2.36. The molecule has 25 heavy (non-hydrogen) atoms. The molecular formula is C17H22N6OS. The molecule has 3 heterocycles. The largest absolute Gasteiger partial charge is 0.328 e. The molecule has 1 aliphatic carbocycles. The Morgan fingerprint density at radius 1 is 1.40 bits per heavy atom. The highest BCUT2D eigenvalue weighted by Gasteiger charge is 2.42. The number of aromatic nitrogens is 5. The summed E-state index contributed by atoms with van der Waals surface area (Å²) in [6, 6.07) is -0.262. The molecule has 0 spiro atoms. The van der Waals surface area contributed by atoms with E-state index in [1.807, 2.05) is 24.1 Å². The molecule has 0 radical (unpaired) electrons. The molecule has 1 N–H and O–H groups in total. The summed E-state index contributed by atoms with van der Waals surface area (Å²) >= 11 is 1.60. The van der Waals surface area contributed by atoms with Crippen LogP contribution in [0.4, 0.5) is 5.95 Å². The van der Waals surface area contributed by atoms with Crippen LogP contribution in [-0.4, -0.2) is 36.1 Å². The third kappa shape index (κ3) is 2.78. The van der Waals surface area contributed by atoms with Gasteiger partial charge in [-0.25, -0.2) is 4.68 Å². The molecule has 0 fully saturated rings. The second-order valence-electron chi connectivity index (χ2n) is 7.40. The molecule has 0 bridgehead atoms. The Labute approximate surface area is 150 Å². The molecule has 2 aromatic rings. The first kappa shape index (κ1) is 16.4. The zero-order valence-corrected chi connectivity index (χ0v) is 15.7. The average molecular weight is 358 g/mol. The predicted octanol–water partition coefficient (Wildman–Crippen LogP) is 2.78. The fourth-order valence-electron chi connectivity index (χ4n) is 3.67. The number of hydrogen-bond donors (Lipinski definition) is 1. The highest BCUT2D eigenvalue weighted by atomic mass is 32.2. The second kappa shape index (κ2) is 5.72. The van der Waals surface area contributed by atoms with Gasteiger partial charge in [0.15, 0.2) is 5.78 Å². The summed E-state index contributed by atoms with van der Waals surface area (Å²) in [6.45, 7) is 6.34. The molecule has 2 aromatic heterocycles. The number of nitrogens with one attached hydrogen (secondary N) is 1. The van der Waals surface area contributed by atoms with Crippen LogP contribution in [0.5, 0.6) is 0 Å². The molecule has 0 saturated heterocycles. The second-order valence-corrected chi connectivity index (χ2v) is 8.63. The van der Waals surface area contributed by atoms with Gasteiger partial charge in [0.05, 0.1) is 6.20 Å². The summed E-state index contributed by atoms with van der Waals surface area (Å²) in [6.07, 6.45) is 5.14. The van der Waals surface area contributed by atoms with Crippen molar-refractivity contribution < 1.29 is 4.79 Å². The molecule has 0 amide bonds. The van der Waals surface area contributed by atoms with Crippen LogP contribution < -0.4 is 5.32 Å². The van der Waals surface area contributed by atoms with Gasteiger partial charge in [0, 0.05) is 36.5 Å². The number of ketones is 1. The van der Waals surface area contributed by atoms with Gasteiger partial charge in [0.25, 0.3) is 0 Å². The number of carbonyl (C=O) groups is 1. The van der Waals surface area contributed by atoms with Crippen LogP contribution in [0.2, 0.25) is 0 Å². The standard InChI is InChI=1S/C17H22N6OS/c1-5-25-16-20-15-19-11-6-17(2,3)7-12(24)13(11)14(23(15)21-16)10-8-18-22(4)9-10/h8-9,14H,5-7H2,1-4H3,(H,19,20,21)/t14-/m0/s1. The predicted molar refractivity (Wildman–Crippen MR) is 96.4 cm³/mol. The number of Topliss-reactive ketones (excluding diaryl/α,β-unsaturated/α-hetero) is 1. The lowest BCUT2D eigenvalue weighted by molar-refractivity contribution is -0.118. The highest BCUT2D eigenvalue weighted by Crippen LogP contribution is 2.45. The van der Waals surface area contributed by atoms with Gasteiger partial charge in [-0.15, -0.1) is 5.10 Å². The van der Waals surface area contributed by atoms with E-state index in [1.54, 1.807) is 16.4 Å². The Bertz CT molecular complexity index is 878. The van der Waals surface area contributed by atoms with Crippen molar-refractivity contribution in [3.63, 3.8) is 0 Å². The lowest BCUT2D eigenvalue weighted by atomic mass is 9.73. The fourth-order valence-corrected chi connectivity index (χ4v) is 4.22. The minimum absolute atomic E-state index is 0.0500. The van der Waals surface area contributed by atoms with E-state index in [0.29, 0.717) is 12.4 Å². The normalized spacial score (nSPS) is 21.8. The Morgan fingerprint density at radius 2 is 2.20 bits per heavy atom. The topological polar surface area (TPSA) is 77.6 Å². The van der Waals surface area contributed by atoms with Crippen molar-refractivity contribution >= 4 is 23.5 Å². The van der Waals surface area contributed by atoms with Gasteiger partial charge in [-0.2, -0.15) is 10.1 Å². The number of carbonyl (C=O) groups excluding carboxylic acids is 1. The molecule has 8 heteroatoms. The van der Waals surface area contributed by atoms with E-state index in [4.69, 9.17) is 0 Å². The number of thioether (sulfide) groups is 1. The smallest absolute Gasteiger partial charge is 0.227 e. The van der Waals surface area contributed by atoms with Crippen molar-refractivity contribution in [2.75, 3.05) is 11.1 Å². The first-order valence-electron chi connectivity index (χ1n) is 8.49. The maximum absolute atomic E-state index is 13.0. The van der Waals surface area contributed by atoms with Crippen LogP contribution in [0.3, 0.4) is 0 Å². The molecule has 132 valence electrons. The number of anilines is 1. The minimum atomic E-state index is -0.262. The summed E-state index contributed by atoms with van der Waals surface area (Å²) in [4.78, 5) is 17.6. The van der Waals surface area contributed by atoms with Crippen molar-refractivity contribution in [3.05, 3.63) is 29.2 Å². The van der Waals surface area contributed by atoms with Gasteiger partial charge in [0.1, 0.15) is 6.04 Å². The maximum atomic E-state index is 13.0. The molecule has 7 nitrogen and oxygen atoms in total. The maximum Gasteiger partial charge on any atom is 0.227 e. The van der Waals surface area contributed by atoms with Crippen LogP contribution in [0.15, 0.2) is 28.8 Å². The molecule has 2 aliphatic rings. The van der Waals surface area contributed by atoms with Crippen LogP contribution in [0.25, 0.3) is 0 Å². The minimum Gasteiger partial charge on any atom is -0.328 e. The Hall–Kier alpha value is -2.09. The number of nitrogens with zero attached hydrogens (tertiary/aromatic N) is 5. The van der Waals surface area contributed by atoms with Gasteiger partial charge >= 0.3 is 0 Å². The third-order valence-electron chi connectivity index (χ3n) is 4.63. The zero-order chi connectivity index (χ0) is 17.8. The van der Waals surface area contributed by atoms with E-state index in [2.05, 4.69) is 41.3 Å². The van der Waals surface area contributed by atoms with Gasteiger partial charge in [-0.1, -0.05) is 32.5 Å². The third-order valence-corrected chi connectivity index (χ3v) is 5.35. The summed E-state index contributed by atoms with van der Waals surface area (Å²) in [5.74, 6) is 1.78. The monoisotopic (exact) mass is 358 g/mol. The van der Waals surface area contributed by atoms with E-state index >= 15 is 0 Å². The van der Waals surface area contributed by atoms with Crippen molar-refractivity contribution in [2.45, 2.75) is 44.8 Å². The fraction of sp³-hybridized carbons (Fsp3) is 0.529. The first-order chi connectivity index (χ1) is 11.9. The van der Waals surface area contributed by atoms with Crippen molar-refractivity contribution in [1.29, 1.82) is 0 Å². The van der Waals surface area contributed by atoms with E-state index in [0.717, 1.165) is 34.2 Å². The van der Waals surface area contributed by atoms with Gasteiger partial charge in [0.2, 0.25) is 11.1 Å². The Kier molecular flexibility index (Phi) is 3.75. The summed E-state index contributed by atoms with van der Waals surface area (Å²) in [7, 11) is 1.88. The van der Waals surface area contributed by atoms with Gasteiger partial charge < -0.3 is 5.32 Å². The Morgan fingerprint density at radius 3 is 2.88 bits per heavy atom. The number of allylic oxidation sites excluding steroid dienone is 2. The van der Waals surface area contributed by atoms with E-state index in [1.165, 1.54) is 0 Å². The van der Waals surface area contributed by atoms with Crippen molar-refractivity contribution in [2.24, 2.45) is 12.5 Å². The first-order valence-corrected chi connectivity index (χ1v) is 9.47. The van der Waals surface area contributed by atoms with Crippen LogP contribution >= 0.6 is 11.8 Å². The average Bonchev–Trinajstić information content (AvgIpc) is 3.10. The van der Waals surface area contributed by atoms with Gasteiger partial charge in [-0.05, 0) is 17.6 Å². The molecule has 1 aliphatic heterocycles. The molecular weight excluding hydrogens is 336 g/mol. The Balaban J connectivity index is 1.87. The summed E-state index contributed by atoms with van der Waals surface area (Å²) in [5, 5.41) is 13.1. The van der Waals surface area contributed by atoms with Crippen LogP contribution in [0, 0.1) is 5.41 Å². The number of fused-ring (bicyclic) bond motifs is 1. The van der Waals surface area contributed by atoms with Gasteiger partial charge in [-0.3, -0.25) is 9.48 Å². The number of hydrogen-bond acceptors (Lipinski definition) is 6. The number of rotatable bonds is 3. The van der Waals surface area contributed by atoms with Crippen LogP contribution in [0.1, 0.15) is 45.2 Å². The zero-order valence-electron chi connectivity index (χ0n) is 14.9. The quantitative estimate of drug-likeness (QED) is 0.850.